The van der Waals surface area contributed by atoms with E-state index < -0.39 is 11.8 Å². The zero-order valence-corrected chi connectivity index (χ0v) is 9.40. The maximum atomic E-state index is 12.9. The molecule has 0 aliphatic carbocycles. The number of hydrogen-bond acceptors (Lipinski definition) is 1. The van der Waals surface area contributed by atoms with Gasteiger partial charge in [0.1, 0.15) is 5.82 Å². The van der Waals surface area contributed by atoms with Crippen LogP contribution in [0.5, 0.6) is 0 Å². The van der Waals surface area contributed by atoms with Gasteiger partial charge in [-0.3, -0.25) is 4.79 Å². The number of carboxylic acids is 1. The highest BCUT2D eigenvalue weighted by Gasteiger charge is 2.08. The molecule has 0 unspecified atom stereocenters. The molecule has 0 amide bonds. The van der Waals surface area contributed by atoms with Crippen molar-refractivity contribution in [2.24, 2.45) is 0 Å². The van der Waals surface area contributed by atoms with Crippen LogP contribution in [-0.4, -0.2) is 11.1 Å². The molecule has 0 heterocycles. The maximum Gasteiger partial charge on any atom is 0.303 e. The molecular weight excluding hydrogens is 274 g/mol. The van der Waals surface area contributed by atoms with Crippen LogP contribution in [0, 0.1) is 5.82 Å². The van der Waals surface area contributed by atoms with E-state index >= 15 is 0 Å². The molecule has 1 rings (SSSR count). The van der Waals surface area contributed by atoms with Crippen LogP contribution >= 0.6 is 27.5 Å². The van der Waals surface area contributed by atoms with Crippen molar-refractivity contribution in [2.75, 3.05) is 0 Å². The molecule has 0 aromatic heterocycles. The summed E-state index contributed by atoms with van der Waals surface area (Å²) >= 11 is 8.70. The number of carboxylic acid groups (broad SMARTS) is 1. The Bertz CT molecular complexity index is 368. The molecule has 0 radical (unpaired) electrons. The lowest BCUT2D eigenvalue weighted by Crippen LogP contribution is -1.98. The van der Waals surface area contributed by atoms with Gasteiger partial charge in [0.2, 0.25) is 0 Å². The smallest absolute Gasteiger partial charge is 0.303 e. The van der Waals surface area contributed by atoms with E-state index in [9.17, 15) is 9.18 Å². The molecular formula is C9H7BrClFO2. The van der Waals surface area contributed by atoms with Gasteiger partial charge in [0.15, 0.2) is 0 Å². The highest BCUT2D eigenvalue weighted by molar-refractivity contribution is 9.10. The van der Waals surface area contributed by atoms with E-state index in [2.05, 4.69) is 15.9 Å². The minimum Gasteiger partial charge on any atom is -0.481 e. The Balaban J connectivity index is 2.87. The second kappa shape index (κ2) is 4.75. The van der Waals surface area contributed by atoms with Crippen LogP contribution < -0.4 is 0 Å². The summed E-state index contributed by atoms with van der Waals surface area (Å²) in [6, 6.07) is 2.67. The monoisotopic (exact) mass is 280 g/mol. The van der Waals surface area contributed by atoms with E-state index in [1.807, 2.05) is 0 Å². The Morgan fingerprint density at radius 3 is 2.79 bits per heavy atom. The SMILES string of the molecule is O=C(O)CCc1cc(Cl)c(F)cc1Br. The van der Waals surface area contributed by atoms with Gasteiger partial charge in [-0.15, -0.1) is 0 Å². The average Bonchev–Trinajstić information content (AvgIpc) is 2.09. The van der Waals surface area contributed by atoms with Crippen LogP contribution in [-0.2, 0) is 11.2 Å². The van der Waals surface area contributed by atoms with Crippen molar-refractivity contribution in [3.8, 4) is 0 Å². The Labute approximate surface area is 93.8 Å². The fourth-order valence-electron chi connectivity index (χ4n) is 0.997. The molecule has 0 aliphatic rings. The number of aryl methyl sites for hydroxylation is 1. The van der Waals surface area contributed by atoms with Crippen LogP contribution in [0.15, 0.2) is 16.6 Å². The van der Waals surface area contributed by atoms with E-state index in [-0.39, 0.29) is 11.4 Å². The van der Waals surface area contributed by atoms with Gasteiger partial charge in [0, 0.05) is 10.9 Å². The van der Waals surface area contributed by atoms with Crippen molar-refractivity contribution < 1.29 is 14.3 Å². The predicted octanol–water partition coefficient (Wildman–Crippen LogP) is 3.26. The highest BCUT2D eigenvalue weighted by atomic mass is 79.9. The van der Waals surface area contributed by atoms with Crippen molar-refractivity contribution in [1.29, 1.82) is 0 Å². The van der Waals surface area contributed by atoms with Crippen molar-refractivity contribution in [1.82, 2.24) is 0 Å². The topological polar surface area (TPSA) is 37.3 Å². The number of benzene rings is 1. The number of rotatable bonds is 3. The molecule has 0 aliphatic heterocycles. The second-order valence-corrected chi connectivity index (χ2v) is 4.01. The van der Waals surface area contributed by atoms with Gasteiger partial charge in [-0.2, -0.15) is 0 Å². The maximum absolute atomic E-state index is 12.9. The summed E-state index contributed by atoms with van der Waals surface area (Å²) in [5.41, 5.74) is 0.693. The third-order valence-electron chi connectivity index (χ3n) is 1.70. The van der Waals surface area contributed by atoms with Crippen LogP contribution in [0.3, 0.4) is 0 Å². The standard InChI is InChI=1S/C9H7BrClFO2/c10-6-4-8(12)7(11)3-5(6)1-2-9(13)14/h3-4H,1-2H2,(H,13,14). The van der Waals surface area contributed by atoms with Gasteiger partial charge >= 0.3 is 5.97 Å². The van der Waals surface area contributed by atoms with E-state index in [4.69, 9.17) is 16.7 Å². The Kier molecular flexibility index (Phi) is 3.89. The third kappa shape index (κ3) is 2.96. The molecule has 5 heteroatoms. The molecule has 2 nitrogen and oxygen atoms in total. The van der Waals surface area contributed by atoms with Crippen LogP contribution in [0.1, 0.15) is 12.0 Å². The van der Waals surface area contributed by atoms with Crippen LogP contribution in [0.4, 0.5) is 4.39 Å². The number of halogens is 3. The largest absolute Gasteiger partial charge is 0.481 e. The number of aliphatic carboxylic acids is 1. The molecule has 0 fully saturated rings. The summed E-state index contributed by atoms with van der Waals surface area (Å²) in [6.45, 7) is 0. The first-order valence-electron chi connectivity index (χ1n) is 3.86. The first-order chi connectivity index (χ1) is 6.50. The van der Waals surface area contributed by atoms with Gasteiger partial charge in [-0.05, 0) is 24.1 Å². The lowest BCUT2D eigenvalue weighted by molar-refractivity contribution is -0.136. The van der Waals surface area contributed by atoms with Crippen LogP contribution in [0.2, 0.25) is 5.02 Å². The predicted molar refractivity (Wildman–Crippen MR) is 55.1 cm³/mol. The molecule has 0 bridgehead atoms. The molecule has 1 N–H and O–H groups in total. The molecule has 0 saturated carbocycles. The van der Waals surface area contributed by atoms with Gasteiger partial charge in [0.05, 0.1) is 5.02 Å². The van der Waals surface area contributed by atoms with E-state index in [1.54, 1.807) is 0 Å². The summed E-state index contributed by atoms with van der Waals surface area (Å²) < 4.78 is 13.4. The Morgan fingerprint density at radius 1 is 1.57 bits per heavy atom. The fourth-order valence-corrected chi connectivity index (χ4v) is 1.70. The third-order valence-corrected chi connectivity index (χ3v) is 2.73. The zero-order chi connectivity index (χ0) is 10.7. The number of hydrogen-bond donors (Lipinski definition) is 1. The normalized spacial score (nSPS) is 10.2. The summed E-state index contributed by atoms with van der Waals surface area (Å²) in [7, 11) is 0. The van der Waals surface area contributed by atoms with Crippen molar-refractivity contribution in [2.45, 2.75) is 12.8 Å². The lowest BCUT2D eigenvalue weighted by Gasteiger charge is -2.04. The van der Waals surface area contributed by atoms with Gasteiger partial charge in [-0.1, -0.05) is 27.5 Å². The molecule has 0 saturated heterocycles. The van der Waals surface area contributed by atoms with Crippen molar-refractivity contribution in [3.63, 3.8) is 0 Å². The highest BCUT2D eigenvalue weighted by Crippen LogP contribution is 2.25. The molecule has 1 aromatic carbocycles. The minimum absolute atomic E-state index is 0.000557. The molecule has 76 valence electrons. The Hall–Kier alpha value is -0.610. The zero-order valence-electron chi connectivity index (χ0n) is 7.06. The van der Waals surface area contributed by atoms with Gasteiger partial charge in [0.25, 0.3) is 0 Å². The summed E-state index contributed by atoms with van der Waals surface area (Å²) in [5, 5.41) is 8.48. The molecule has 0 atom stereocenters. The van der Waals surface area contributed by atoms with E-state index in [0.29, 0.717) is 16.5 Å². The second-order valence-electron chi connectivity index (χ2n) is 2.75. The summed E-state index contributed by atoms with van der Waals surface area (Å²) in [5.74, 6) is -1.41. The quantitative estimate of drug-likeness (QED) is 0.864. The van der Waals surface area contributed by atoms with Crippen molar-refractivity contribution in [3.05, 3.63) is 33.0 Å². The van der Waals surface area contributed by atoms with Gasteiger partial charge in [-0.25, -0.2) is 4.39 Å². The van der Waals surface area contributed by atoms with E-state index in [1.165, 1.54) is 12.1 Å². The minimum atomic E-state index is -0.891. The first-order valence-corrected chi connectivity index (χ1v) is 5.03. The number of carbonyl (C=O) groups is 1. The average molecular weight is 282 g/mol. The van der Waals surface area contributed by atoms with Crippen molar-refractivity contribution >= 4 is 33.5 Å². The molecule has 0 spiro atoms. The summed E-state index contributed by atoms with van der Waals surface area (Å²) in [6.07, 6.45) is 0.330. The van der Waals surface area contributed by atoms with Crippen LogP contribution in [0.25, 0.3) is 0 Å². The fraction of sp³-hybridized carbons (Fsp3) is 0.222. The lowest BCUT2D eigenvalue weighted by atomic mass is 10.1. The Morgan fingerprint density at radius 2 is 2.21 bits per heavy atom. The summed E-state index contributed by atoms with van der Waals surface area (Å²) in [4.78, 5) is 10.3. The molecule has 1 aromatic rings. The van der Waals surface area contributed by atoms with E-state index in [0.717, 1.165) is 0 Å². The first kappa shape index (κ1) is 11.5. The van der Waals surface area contributed by atoms with Gasteiger partial charge < -0.3 is 5.11 Å². The molecule has 14 heavy (non-hydrogen) atoms.